The number of nitrogens with one attached hydrogen (secondary N) is 1. The predicted octanol–water partition coefficient (Wildman–Crippen LogP) is 3.81. The summed E-state index contributed by atoms with van der Waals surface area (Å²) in [6, 6.07) is 20.1. The van der Waals surface area contributed by atoms with Gasteiger partial charge < -0.3 is 10.2 Å². The number of amides is 1. The zero-order valence-corrected chi connectivity index (χ0v) is 14.9. The van der Waals surface area contributed by atoms with E-state index in [1.54, 1.807) is 0 Å². The third-order valence-corrected chi connectivity index (χ3v) is 4.95. The zero-order chi connectivity index (χ0) is 17.3. The van der Waals surface area contributed by atoms with E-state index in [9.17, 15) is 4.79 Å². The molecule has 0 unspecified atom stereocenters. The molecular weight excluding hydrogens is 308 g/mol. The molecule has 2 aromatic carbocycles. The first kappa shape index (κ1) is 17.7. The van der Waals surface area contributed by atoms with Crippen LogP contribution in [0, 0.1) is 0 Å². The highest BCUT2D eigenvalue weighted by molar-refractivity contribution is 5.87. The molecule has 1 N–H and O–H groups in total. The number of benzene rings is 2. The van der Waals surface area contributed by atoms with E-state index >= 15 is 0 Å². The average molecular weight is 336 g/mol. The minimum Gasteiger partial charge on any atom is -0.354 e. The van der Waals surface area contributed by atoms with E-state index in [2.05, 4.69) is 10.2 Å². The van der Waals surface area contributed by atoms with Gasteiger partial charge in [-0.1, -0.05) is 73.5 Å². The lowest BCUT2D eigenvalue weighted by Crippen LogP contribution is -2.37. The molecule has 132 valence electrons. The maximum atomic E-state index is 12.9. The van der Waals surface area contributed by atoms with Crippen molar-refractivity contribution in [2.45, 2.75) is 31.6 Å². The summed E-state index contributed by atoms with van der Waals surface area (Å²) in [4.78, 5) is 15.4. The largest absolute Gasteiger partial charge is 0.354 e. The van der Waals surface area contributed by atoms with Crippen LogP contribution in [-0.2, 0) is 4.79 Å². The number of rotatable bonds is 6. The van der Waals surface area contributed by atoms with Gasteiger partial charge in [0.25, 0.3) is 0 Å². The Morgan fingerprint density at radius 1 is 0.840 bits per heavy atom. The molecule has 1 heterocycles. The minimum atomic E-state index is -0.244. The molecule has 3 heteroatoms. The molecule has 1 fully saturated rings. The number of carbonyl (C=O) groups excluding carboxylic acids is 1. The van der Waals surface area contributed by atoms with Crippen LogP contribution in [0.15, 0.2) is 60.7 Å². The predicted molar refractivity (Wildman–Crippen MR) is 103 cm³/mol. The number of hydrogen-bond donors (Lipinski definition) is 1. The van der Waals surface area contributed by atoms with E-state index < -0.39 is 0 Å². The van der Waals surface area contributed by atoms with Gasteiger partial charge in [-0.2, -0.15) is 0 Å². The van der Waals surface area contributed by atoms with Crippen molar-refractivity contribution in [1.82, 2.24) is 10.2 Å². The highest BCUT2D eigenvalue weighted by Crippen LogP contribution is 2.24. The second kappa shape index (κ2) is 9.38. The fourth-order valence-corrected chi connectivity index (χ4v) is 3.59. The van der Waals surface area contributed by atoms with E-state index in [1.807, 2.05) is 60.7 Å². The summed E-state index contributed by atoms with van der Waals surface area (Å²) in [5.74, 6) is -0.154. The van der Waals surface area contributed by atoms with Gasteiger partial charge in [-0.15, -0.1) is 0 Å². The molecule has 1 saturated heterocycles. The lowest BCUT2D eigenvalue weighted by Gasteiger charge is -2.22. The van der Waals surface area contributed by atoms with E-state index in [0.717, 1.165) is 37.3 Å². The Bertz CT molecular complexity index is 594. The van der Waals surface area contributed by atoms with Crippen molar-refractivity contribution >= 4 is 5.91 Å². The van der Waals surface area contributed by atoms with E-state index in [4.69, 9.17) is 0 Å². The van der Waals surface area contributed by atoms with Crippen molar-refractivity contribution < 1.29 is 4.79 Å². The number of nitrogens with zero attached hydrogens (tertiary/aromatic N) is 1. The van der Waals surface area contributed by atoms with Crippen LogP contribution in [0.2, 0.25) is 0 Å². The van der Waals surface area contributed by atoms with Crippen molar-refractivity contribution in [2.75, 3.05) is 26.2 Å². The lowest BCUT2D eigenvalue weighted by molar-refractivity contribution is -0.121. The third kappa shape index (κ3) is 5.17. The van der Waals surface area contributed by atoms with Gasteiger partial charge in [0.05, 0.1) is 5.92 Å². The van der Waals surface area contributed by atoms with Crippen molar-refractivity contribution in [3.05, 3.63) is 71.8 Å². The average Bonchev–Trinajstić information content (AvgIpc) is 2.93. The maximum absolute atomic E-state index is 12.9. The maximum Gasteiger partial charge on any atom is 0.232 e. The number of carbonyl (C=O) groups is 1. The Hall–Kier alpha value is -2.13. The van der Waals surface area contributed by atoms with Crippen LogP contribution in [0.3, 0.4) is 0 Å². The van der Waals surface area contributed by atoms with Crippen LogP contribution in [0.5, 0.6) is 0 Å². The number of hydrogen-bond acceptors (Lipinski definition) is 2. The molecule has 3 rings (SSSR count). The van der Waals surface area contributed by atoms with Crippen LogP contribution in [0.4, 0.5) is 0 Å². The molecule has 0 aliphatic carbocycles. The molecule has 0 bridgehead atoms. The number of likely N-dealkylation sites (tertiary alicyclic amines) is 1. The van der Waals surface area contributed by atoms with Crippen LogP contribution in [-0.4, -0.2) is 37.0 Å². The third-order valence-electron chi connectivity index (χ3n) is 4.95. The molecule has 3 nitrogen and oxygen atoms in total. The second-order valence-corrected chi connectivity index (χ2v) is 6.80. The van der Waals surface area contributed by atoms with Crippen LogP contribution < -0.4 is 5.32 Å². The first-order chi connectivity index (χ1) is 12.3. The topological polar surface area (TPSA) is 32.3 Å². The molecule has 0 aromatic heterocycles. The fourth-order valence-electron chi connectivity index (χ4n) is 3.59. The molecule has 2 aromatic rings. The van der Waals surface area contributed by atoms with E-state index in [-0.39, 0.29) is 11.8 Å². The summed E-state index contributed by atoms with van der Waals surface area (Å²) in [5, 5.41) is 3.17. The van der Waals surface area contributed by atoms with Crippen molar-refractivity contribution in [3.8, 4) is 0 Å². The van der Waals surface area contributed by atoms with Gasteiger partial charge in [0, 0.05) is 13.1 Å². The summed E-state index contributed by atoms with van der Waals surface area (Å²) in [6.07, 6.45) is 5.25. The van der Waals surface area contributed by atoms with Gasteiger partial charge in [-0.3, -0.25) is 4.79 Å². The molecule has 1 aliphatic heterocycles. The molecule has 0 saturated carbocycles. The molecule has 1 aliphatic rings. The quantitative estimate of drug-likeness (QED) is 0.870. The lowest BCUT2D eigenvalue weighted by atomic mass is 9.90. The normalized spacial score (nSPS) is 15.7. The standard InChI is InChI=1S/C22H28N2O/c25-22(23-15-18-24-16-9-1-2-10-17-24)21(19-11-5-3-6-12-19)20-13-7-4-8-14-20/h3-8,11-14,21H,1-2,9-10,15-18H2,(H,23,25). The summed E-state index contributed by atoms with van der Waals surface area (Å²) < 4.78 is 0. The van der Waals surface area contributed by atoms with Crippen LogP contribution in [0.25, 0.3) is 0 Å². The highest BCUT2D eigenvalue weighted by atomic mass is 16.1. The summed E-state index contributed by atoms with van der Waals surface area (Å²) in [6.45, 7) is 3.99. The van der Waals surface area contributed by atoms with Crippen LogP contribution >= 0.6 is 0 Å². The molecule has 0 radical (unpaired) electrons. The monoisotopic (exact) mass is 336 g/mol. The van der Waals surface area contributed by atoms with Gasteiger partial charge in [0.2, 0.25) is 5.91 Å². The van der Waals surface area contributed by atoms with Crippen LogP contribution in [0.1, 0.15) is 42.7 Å². The molecule has 0 atom stereocenters. The van der Waals surface area contributed by atoms with Gasteiger partial charge >= 0.3 is 0 Å². The first-order valence-electron chi connectivity index (χ1n) is 9.44. The van der Waals surface area contributed by atoms with Crippen molar-refractivity contribution in [2.24, 2.45) is 0 Å². The fraction of sp³-hybridized carbons (Fsp3) is 0.409. The molecule has 0 spiro atoms. The van der Waals surface area contributed by atoms with E-state index in [1.165, 1.54) is 25.7 Å². The second-order valence-electron chi connectivity index (χ2n) is 6.80. The molecule has 25 heavy (non-hydrogen) atoms. The van der Waals surface area contributed by atoms with Gasteiger partial charge in [0.1, 0.15) is 0 Å². The smallest absolute Gasteiger partial charge is 0.232 e. The SMILES string of the molecule is O=C(NCCN1CCCCCC1)C(c1ccccc1)c1ccccc1. The van der Waals surface area contributed by atoms with Crippen molar-refractivity contribution in [1.29, 1.82) is 0 Å². The first-order valence-corrected chi connectivity index (χ1v) is 9.44. The summed E-state index contributed by atoms with van der Waals surface area (Å²) in [5.41, 5.74) is 2.09. The van der Waals surface area contributed by atoms with Gasteiger partial charge in [-0.25, -0.2) is 0 Å². The summed E-state index contributed by atoms with van der Waals surface area (Å²) >= 11 is 0. The Kier molecular flexibility index (Phi) is 6.63. The Morgan fingerprint density at radius 2 is 1.36 bits per heavy atom. The highest BCUT2D eigenvalue weighted by Gasteiger charge is 2.22. The van der Waals surface area contributed by atoms with Crippen molar-refractivity contribution in [3.63, 3.8) is 0 Å². The summed E-state index contributed by atoms with van der Waals surface area (Å²) in [7, 11) is 0. The Morgan fingerprint density at radius 3 is 1.88 bits per heavy atom. The van der Waals surface area contributed by atoms with E-state index in [0.29, 0.717) is 0 Å². The Balaban J connectivity index is 1.63. The molecule has 1 amide bonds. The molecular formula is C22H28N2O. The minimum absolute atomic E-state index is 0.0900. The zero-order valence-electron chi connectivity index (χ0n) is 14.9. The van der Waals surface area contributed by atoms with Gasteiger partial charge in [0.15, 0.2) is 0 Å². The Labute approximate surface area is 151 Å². The van der Waals surface area contributed by atoms with Gasteiger partial charge in [-0.05, 0) is 37.1 Å².